The third-order valence-electron chi connectivity index (χ3n) is 5.97. The smallest absolute Gasteiger partial charge is 0.251 e. The Morgan fingerprint density at radius 1 is 1.19 bits per heavy atom. The van der Waals surface area contributed by atoms with Gasteiger partial charge in [-0.15, -0.1) is 11.3 Å². The molecule has 1 amide bonds. The Bertz CT molecular complexity index is 1300. The molecule has 1 aromatic heterocycles. The lowest BCUT2D eigenvalue weighted by Crippen LogP contribution is -2.48. The highest BCUT2D eigenvalue weighted by Crippen LogP contribution is 2.36. The third-order valence-corrected chi connectivity index (χ3v) is 8.37. The summed E-state index contributed by atoms with van der Waals surface area (Å²) in [5, 5.41) is 13.8. The molecule has 1 fully saturated rings. The zero-order valence-electron chi connectivity index (χ0n) is 21.4. The number of nitrogens with one attached hydrogen (secondary N) is 1. The summed E-state index contributed by atoms with van der Waals surface area (Å²) in [4.78, 5) is 15.0. The Hall–Kier alpha value is -2.96. The van der Waals surface area contributed by atoms with E-state index in [0.717, 1.165) is 21.6 Å². The highest BCUT2D eigenvalue weighted by atomic mass is 32.2. The molecule has 3 rings (SSSR count). The van der Waals surface area contributed by atoms with Crippen LogP contribution in [0.2, 0.25) is 0 Å². The van der Waals surface area contributed by atoms with Crippen LogP contribution in [0.5, 0.6) is 0 Å². The molecule has 37 heavy (non-hydrogen) atoms. The average Bonchev–Trinajstić information content (AvgIpc) is 3.22. The number of aliphatic hydroxyl groups is 1. The summed E-state index contributed by atoms with van der Waals surface area (Å²) in [5.41, 5.74) is 13.7. The molecule has 9 nitrogen and oxygen atoms in total. The number of primary amides is 1. The van der Waals surface area contributed by atoms with Crippen molar-refractivity contribution in [3.05, 3.63) is 77.7 Å². The van der Waals surface area contributed by atoms with Crippen LogP contribution < -0.4 is 16.8 Å². The van der Waals surface area contributed by atoms with Gasteiger partial charge in [-0.2, -0.15) is 4.31 Å². The van der Waals surface area contributed by atoms with Crippen LogP contribution in [-0.4, -0.2) is 67.6 Å². The van der Waals surface area contributed by atoms with Crippen LogP contribution in [0.25, 0.3) is 10.4 Å². The topological polar surface area (TPSA) is 142 Å². The Balaban J connectivity index is 1.62. The summed E-state index contributed by atoms with van der Waals surface area (Å²) in [6, 6.07) is 9.21. The second-order valence-corrected chi connectivity index (χ2v) is 12.6. The van der Waals surface area contributed by atoms with E-state index in [-0.39, 0.29) is 0 Å². The van der Waals surface area contributed by atoms with E-state index in [1.165, 1.54) is 21.9 Å². The molecule has 0 radical (unpaired) electrons. The molecule has 0 unspecified atom stereocenters. The van der Waals surface area contributed by atoms with Gasteiger partial charge in [-0.25, -0.2) is 8.42 Å². The zero-order valence-corrected chi connectivity index (χ0v) is 23.0. The molecule has 6 N–H and O–H groups in total. The number of thiophene rings is 1. The van der Waals surface area contributed by atoms with E-state index in [9.17, 15) is 18.3 Å². The summed E-state index contributed by atoms with van der Waals surface area (Å²) >= 11 is 1.36. The Kier molecular flexibility index (Phi) is 8.98. The molecule has 1 aromatic carbocycles. The molecule has 11 heteroatoms. The number of carbonyl (C=O) groups excluding carboxylic acids is 1. The fraction of sp³-hybridized carbons (Fsp3) is 0.346. The van der Waals surface area contributed by atoms with E-state index >= 15 is 0 Å². The van der Waals surface area contributed by atoms with Gasteiger partial charge in [0, 0.05) is 37.6 Å². The maximum atomic E-state index is 12.0. The molecule has 200 valence electrons. The van der Waals surface area contributed by atoms with Crippen molar-refractivity contribution >= 4 is 32.3 Å². The highest BCUT2D eigenvalue weighted by Gasteiger charge is 2.23. The minimum atomic E-state index is -3.15. The number of piperazine rings is 1. The van der Waals surface area contributed by atoms with Gasteiger partial charge in [-0.05, 0) is 42.7 Å². The Labute approximate surface area is 222 Å². The van der Waals surface area contributed by atoms with Gasteiger partial charge >= 0.3 is 0 Å². The van der Waals surface area contributed by atoms with E-state index < -0.39 is 21.5 Å². The first-order valence-corrected chi connectivity index (χ1v) is 14.4. The van der Waals surface area contributed by atoms with Gasteiger partial charge in [0.2, 0.25) is 10.0 Å². The van der Waals surface area contributed by atoms with Gasteiger partial charge in [-0.1, -0.05) is 43.0 Å². The number of allylic oxidation sites excluding steroid dienone is 2. The first kappa shape index (κ1) is 28.6. The number of sulfonamides is 1. The van der Waals surface area contributed by atoms with Crippen LogP contribution in [0.3, 0.4) is 0 Å². The second kappa shape index (κ2) is 11.6. The molecule has 2 aromatic rings. The van der Waals surface area contributed by atoms with E-state index in [0.29, 0.717) is 49.1 Å². The molecule has 0 saturated carbocycles. The van der Waals surface area contributed by atoms with Crippen LogP contribution in [0.15, 0.2) is 66.5 Å². The standard InChI is InChI=1S/C26H35N5O4S2/c1-18(17-30-12-14-31(15-13-30)37(4,34)35)6-5-7-23(27)29-25-21(24(28)32)16-22(36-25)19-8-10-20(11-9-19)26(2,3)33/h5-11,16,29,33H,1,12-15,17,27H2,2-4H3,(H2,28,32)/b6-5-,23-7+. The van der Waals surface area contributed by atoms with Gasteiger partial charge in [-0.3, -0.25) is 9.69 Å². The molecule has 0 bridgehead atoms. The first-order valence-electron chi connectivity index (χ1n) is 11.8. The summed E-state index contributed by atoms with van der Waals surface area (Å²) in [6.07, 6.45) is 6.52. The number of anilines is 1. The molecule has 1 saturated heterocycles. The minimum absolute atomic E-state index is 0.332. The molecule has 0 atom stereocenters. The van der Waals surface area contributed by atoms with Crippen molar-refractivity contribution < 1.29 is 18.3 Å². The predicted octanol–water partition coefficient (Wildman–Crippen LogP) is 2.64. The molecule has 2 heterocycles. The first-order chi connectivity index (χ1) is 17.2. The van der Waals surface area contributed by atoms with Gasteiger partial charge in [0.15, 0.2) is 0 Å². The lowest BCUT2D eigenvalue weighted by Gasteiger charge is -2.33. The van der Waals surface area contributed by atoms with Crippen LogP contribution in [-0.2, 0) is 15.6 Å². The fourth-order valence-electron chi connectivity index (χ4n) is 3.87. The number of benzene rings is 1. The summed E-state index contributed by atoms with van der Waals surface area (Å²) in [6.45, 7) is 10.4. The van der Waals surface area contributed by atoms with Crippen LogP contribution >= 0.6 is 11.3 Å². The lowest BCUT2D eigenvalue weighted by molar-refractivity contribution is 0.0786. The molecule has 0 aliphatic carbocycles. The summed E-state index contributed by atoms with van der Waals surface area (Å²) in [7, 11) is -3.15. The monoisotopic (exact) mass is 545 g/mol. The van der Waals surface area contributed by atoms with Gasteiger partial charge < -0.3 is 21.9 Å². The van der Waals surface area contributed by atoms with Crippen molar-refractivity contribution in [1.82, 2.24) is 9.21 Å². The quantitative estimate of drug-likeness (QED) is 0.336. The fourth-order valence-corrected chi connectivity index (χ4v) is 5.79. The lowest BCUT2D eigenvalue weighted by atomic mass is 9.97. The maximum Gasteiger partial charge on any atom is 0.251 e. The molecular weight excluding hydrogens is 510 g/mol. The number of carbonyl (C=O) groups is 1. The Morgan fingerprint density at radius 3 is 2.35 bits per heavy atom. The van der Waals surface area contributed by atoms with Crippen molar-refractivity contribution in [3.63, 3.8) is 0 Å². The molecule has 0 spiro atoms. The average molecular weight is 546 g/mol. The van der Waals surface area contributed by atoms with Crippen molar-refractivity contribution in [2.24, 2.45) is 11.5 Å². The largest absolute Gasteiger partial charge is 0.386 e. The number of amides is 1. The van der Waals surface area contributed by atoms with E-state index in [2.05, 4.69) is 16.8 Å². The van der Waals surface area contributed by atoms with Crippen molar-refractivity contribution in [2.45, 2.75) is 19.4 Å². The second-order valence-electron chi connectivity index (χ2n) is 9.56. The van der Waals surface area contributed by atoms with Crippen LogP contribution in [0.1, 0.15) is 29.8 Å². The molecule has 1 aliphatic heterocycles. The number of nitrogens with two attached hydrogens (primary N) is 2. The van der Waals surface area contributed by atoms with Crippen LogP contribution in [0.4, 0.5) is 5.00 Å². The SMILES string of the molecule is C=C(/C=C\C=C(/N)Nc1sc(-c2ccc(C(C)(C)O)cc2)cc1C(N)=O)CN1CCN(S(C)(=O)=O)CC1. The van der Waals surface area contributed by atoms with E-state index in [1.54, 1.807) is 32.1 Å². The predicted molar refractivity (Wildman–Crippen MR) is 151 cm³/mol. The minimum Gasteiger partial charge on any atom is -0.386 e. The zero-order chi connectivity index (χ0) is 27.4. The summed E-state index contributed by atoms with van der Waals surface area (Å²) < 4.78 is 24.8. The van der Waals surface area contributed by atoms with Crippen molar-refractivity contribution in [3.8, 4) is 10.4 Å². The van der Waals surface area contributed by atoms with Crippen LogP contribution in [0, 0.1) is 0 Å². The number of rotatable bonds is 10. The van der Waals surface area contributed by atoms with Gasteiger partial charge in [0.25, 0.3) is 5.91 Å². The summed E-state index contributed by atoms with van der Waals surface area (Å²) in [5.74, 6) is -0.232. The Morgan fingerprint density at radius 2 is 1.81 bits per heavy atom. The van der Waals surface area contributed by atoms with E-state index in [4.69, 9.17) is 11.5 Å². The van der Waals surface area contributed by atoms with Gasteiger partial charge in [0.05, 0.1) is 17.4 Å². The maximum absolute atomic E-state index is 12.0. The van der Waals surface area contributed by atoms with Crippen molar-refractivity contribution in [2.75, 3.05) is 44.3 Å². The number of hydrogen-bond donors (Lipinski definition) is 4. The van der Waals surface area contributed by atoms with Crippen molar-refractivity contribution in [1.29, 1.82) is 0 Å². The molecular formula is C26H35N5O4S2. The number of nitrogens with zero attached hydrogens (tertiary/aromatic N) is 2. The number of hydrogen-bond acceptors (Lipinski definition) is 8. The van der Waals surface area contributed by atoms with E-state index in [1.807, 2.05) is 30.3 Å². The third kappa shape index (κ3) is 8.01. The van der Waals surface area contributed by atoms with Gasteiger partial charge in [0.1, 0.15) is 10.8 Å². The normalized spacial score (nSPS) is 16.3. The highest BCUT2D eigenvalue weighted by molar-refractivity contribution is 7.88. The molecule has 1 aliphatic rings.